The van der Waals surface area contributed by atoms with Gasteiger partial charge in [-0.05, 0) is 0 Å². The summed E-state index contributed by atoms with van der Waals surface area (Å²) in [6, 6.07) is 0. The monoisotopic (exact) mass is 275 g/mol. The molecule has 5 nitrogen and oxygen atoms in total. The largest absolute Gasteiger partial charge is 0.466 e. The third-order valence-electron chi connectivity index (χ3n) is 1.16. The number of hydrogen-bond acceptors (Lipinski definition) is 4. The van der Waals surface area contributed by atoms with Crippen molar-refractivity contribution in [3.63, 3.8) is 0 Å². The molecule has 1 amide bonds. The van der Waals surface area contributed by atoms with Gasteiger partial charge in [-0.2, -0.15) is 0 Å². The first-order chi connectivity index (χ1) is 6.77. The molecule has 0 aliphatic carbocycles. The highest BCUT2D eigenvalue weighted by molar-refractivity contribution is 6.68. The van der Waals surface area contributed by atoms with Crippen molar-refractivity contribution in [2.24, 2.45) is 0 Å². The van der Waals surface area contributed by atoms with Gasteiger partial charge in [-0.25, -0.2) is 4.79 Å². The van der Waals surface area contributed by atoms with Crippen LogP contribution in [0.15, 0.2) is 12.2 Å². The SMILES string of the molecule is COC(=O)/C=C\C(=O)N[C@H](O)C(Cl)(Cl)Cl. The van der Waals surface area contributed by atoms with E-state index in [2.05, 4.69) is 4.74 Å². The second-order valence-corrected chi connectivity index (χ2v) is 4.68. The number of carbonyl (C=O) groups is 2. The lowest BCUT2D eigenvalue weighted by Gasteiger charge is -2.18. The van der Waals surface area contributed by atoms with Gasteiger partial charge in [-0.1, -0.05) is 34.8 Å². The maximum atomic E-state index is 11.0. The summed E-state index contributed by atoms with van der Waals surface area (Å²) in [4.78, 5) is 21.5. The normalized spacial score (nSPS) is 13.7. The number of amides is 1. The van der Waals surface area contributed by atoms with Crippen LogP contribution in [0.1, 0.15) is 0 Å². The second kappa shape index (κ2) is 6.17. The highest BCUT2D eigenvalue weighted by Gasteiger charge is 2.31. The summed E-state index contributed by atoms with van der Waals surface area (Å²) in [5.74, 6) is -1.51. The molecular formula is C7H8Cl3NO4. The predicted molar refractivity (Wildman–Crippen MR) is 55.6 cm³/mol. The maximum Gasteiger partial charge on any atom is 0.330 e. The van der Waals surface area contributed by atoms with Gasteiger partial charge < -0.3 is 15.2 Å². The Kier molecular flexibility index (Phi) is 5.97. The summed E-state index contributed by atoms with van der Waals surface area (Å²) < 4.78 is 2.19. The molecule has 0 aliphatic rings. The number of alkyl halides is 3. The molecule has 0 aromatic heterocycles. The number of rotatable bonds is 3. The molecule has 0 unspecified atom stereocenters. The molecule has 86 valence electrons. The van der Waals surface area contributed by atoms with Crippen LogP contribution in [0.25, 0.3) is 0 Å². The Hall–Kier alpha value is -0.490. The van der Waals surface area contributed by atoms with Crippen LogP contribution in [0.3, 0.4) is 0 Å². The van der Waals surface area contributed by atoms with Gasteiger partial charge >= 0.3 is 5.97 Å². The molecule has 0 rings (SSSR count). The second-order valence-electron chi connectivity index (χ2n) is 2.31. The van der Waals surface area contributed by atoms with Gasteiger partial charge in [0.05, 0.1) is 7.11 Å². The fourth-order valence-corrected chi connectivity index (χ4v) is 0.640. The number of halogens is 3. The standard InChI is InChI=1S/C7H8Cl3NO4/c1-15-5(13)3-2-4(12)11-6(14)7(8,9)10/h2-3,6,14H,1H3,(H,11,12)/b3-2-/t6-/m1/s1. The Labute approximate surface area is 101 Å². The van der Waals surface area contributed by atoms with Crippen molar-refractivity contribution in [2.75, 3.05) is 7.11 Å². The van der Waals surface area contributed by atoms with Crippen molar-refractivity contribution < 1.29 is 19.4 Å². The Morgan fingerprint density at radius 3 is 2.33 bits per heavy atom. The molecule has 15 heavy (non-hydrogen) atoms. The fourth-order valence-electron chi connectivity index (χ4n) is 0.476. The van der Waals surface area contributed by atoms with Crippen molar-refractivity contribution >= 4 is 46.7 Å². The van der Waals surface area contributed by atoms with Gasteiger partial charge in [-0.3, -0.25) is 4.79 Å². The summed E-state index contributed by atoms with van der Waals surface area (Å²) in [5, 5.41) is 11.0. The Balaban J connectivity index is 4.16. The van der Waals surface area contributed by atoms with Crippen molar-refractivity contribution in [3.8, 4) is 0 Å². The molecule has 0 fully saturated rings. The smallest absolute Gasteiger partial charge is 0.330 e. The highest BCUT2D eigenvalue weighted by atomic mass is 35.6. The number of carbonyl (C=O) groups excluding carboxylic acids is 2. The lowest BCUT2D eigenvalue weighted by Crippen LogP contribution is -2.42. The molecule has 1 atom stereocenters. The first-order valence-corrected chi connectivity index (χ1v) is 4.72. The van der Waals surface area contributed by atoms with Crippen LogP contribution in [0.5, 0.6) is 0 Å². The predicted octanol–water partition coefficient (Wildman–Crippen LogP) is 0.520. The van der Waals surface area contributed by atoms with Crippen molar-refractivity contribution in [3.05, 3.63) is 12.2 Å². The third kappa shape index (κ3) is 6.57. The molecule has 0 saturated heterocycles. The van der Waals surface area contributed by atoms with E-state index in [1.165, 1.54) is 0 Å². The van der Waals surface area contributed by atoms with Gasteiger partial charge in [0.15, 0.2) is 6.23 Å². The third-order valence-corrected chi connectivity index (χ3v) is 1.78. The van der Waals surface area contributed by atoms with E-state index in [9.17, 15) is 9.59 Å². The first-order valence-electron chi connectivity index (χ1n) is 3.58. The maximum absolute atomic E-state index is 11.0. The zero-order valence-corrected chi connectivity index (χ0v) is 9.81. The minimum atomic E-state index is -2.03. The topological polar surface area (TPSA) is 75.6 Å². The van der Waals surface area contributed by atoms with E-state index in [0.29, 0.717) is 0 Å². The first kappa shape index (κ1) is 14.5. The molecule has 0 heterocycles. The average molecular weight is 277 g/mol. The minimum Gasteiger partial charge on any atom is -0.466 e. The van der Waals surface area contributed by atoms with E-state index < -0.39 is 21.9 Å². The molecule has 0 saturated carbocycles. The van der Waals surface area contributed by atoms with Crippen LogP contribution in [0.4, 0.5) is 0 Å². The van der Waals surface area contributed by atoms with E-state index in [4.69, 9.17) is 39.9 Å². The van der Waals surface area contributed by atoms with Gasteiger partial charge in [0.1, 0.15) is 0 Å². The molecule has 0 bridgehead atoms. The summed E-state index contributed by atoms with van der Waals surface area (Å²) >= 11 is 15.8. The lowest BCUT2D eigenvalue weighted by atomic mass is 10.4. The van der Waals surface area contributed by atoms with E-state index in [1.807, 2.05) is 5.32 Å². The fraction of sp³-hybridized carbons (Fsp3) is 0.429. The number of aliphatic hydroxyl groups excluding tert-OH is 1. The van der Waals surface area contributed by atoms with Crippen LogP contribution in [0.2, 0.25) is 0 Å². The minimum absolute atomic E-state index is 0.714. The summed E-state index contributed by atoms with van der Waals surface area (Å²) in [7, 11) is 1.15. The van der Waals surface area contributed by atoms with Gasteiger partial charge in [0, 0.05) is 12.2 Å². The van der Waals surface area contributed by atoms with Gasteiger partial charge in [0.2, 0.25) is 9.70 Å². The number of aliphatic hydroxyl groups is 1. The molecule has 0 aliphatic heterocycles. The molecule has 0 aromatic carbocycles. The summed E-state index contributed by atoms with van der Waals surface area (Å²) in [6.07, 6.45) is 0.0311. The Morgan fingerprint density at radius 2 is 1.93 bits per heavy atom. The number of methoxy groups -OCH3 is 1. The Morgan fingerprint density at radius 1 is 1.40 bits per heavy atom. The molecule has 0 radical (unpaired) electrons. The molecule has 2 N–H and O–H groups in total. The van der Waals surface area contributed by atoms with Crippen LogP contribution in [-0.2, 0) is 14.3 Å². The van der Waals surface area contributed by atoms with Crippen LogP contribution in [-0.4, -0.2) is 34.1 Å². The number of esters is 1. The van der Waals surface area contributed by atoms with Gasteiger partial charge in [-0.15, -0.1) is 0 Å². The summed E-state index contributed by atoms with van der Waals surface area (Å²) in [5.41, 5.74) is 0. The molecule has 8 heteroatoms. The van der Waals surface area contributed by atoms with Crippen molar-refractivity contribution in [1.29, 1.82) is 0 Å². The number of nitrogens with one attached hydrogen (secondary N) is 1. The van der Waals surface area contributed by atoms with E-state index in [0.717, 1.165) is 19.3 Å². The quantitative estimate of drug-likeness (QED) is 0.341. The zero-order chi connectivity index (χ0) is 12.1. The molecule has 0 spiro atoms. The average Bonchev–Trinajstić information content (AvgIpc) is 2.12. The van der Waals surface area contributed by atoms with Crippen LogP contribution >= 0.6 is 34.8 Å². The number of hydrogen-bond donors (Lipinski definition) is 2. The van der Waals surface area contributed by atoms with E-state index >= 15 is 0 Å². The van der Waals surface area contributed by atoms with E-state index in [1.54, 1.807) is 0 Å². The Bertz CT molecular complexity index is 274. The lowest BCUT2D eigenvalue weighted by molar-refractivity contribution is -0.135. The van der Waals surface area contributed by atoms with Crippen LogP contribution < -0.4 is 5.32 Å². The van der Waals surface area contributed by atoms with Crippen LogP contribution in [0, 0.1) is 0 Å². The summed E-state index contributed by atoms with van der Waals surface area (Å²) in [6.45, 7) is 0. The van der Waals surface area contributed by atoms with Gasteiger partial charge in [0.25, 0.3) is 0 Å². The zero-order valence-electron chi connectivity index (χ0n) is 7.54. The highest BCUT2D eigenvalue weighted by Crippen LogP contribution is 2.28. The molecule has 0 aromatic rings. The van der Waals surface area contributed by atoms with Crippen molar-refractivity contribution in [2.45, 2.75) is 10.0 Å². The number of ether oxygens (including phenoxy) is 1. The van der Waals surface area contributed by atoms with E-state index in [-0.39, 0.29) is 0 Å². The van der Waals surface area contributed by atoms with Crippen molar-refractivity contribution in [1.82, 2.24) is 5.32 Å². The molecular weight excluding hydrogens is 268 g/mol.